The van der Waals surface area contributed by atoms with Gasteiger partial charge in [0.25, 0.3) is 5.91 Å². The zero-order chi connectivity index (χ0) is 13.1. The Balaban J connectivity index is 2.19. The Hall–Kier alpha value is -1.62. The molecule has 4 nitrogen and oxygen atoms in total. The summed E-state index contributed by atoms with van der Waals surface area (Å²) in [6, 6.07) is 5.51. The maximum atomic E-state index is 12.1. The van der Waals surface area contributed by atoms with Crippen molar-refractivity contribution in [1.82, 2.24) is 10.2 Å². The van der Waals surface area contributed by atoms with Gasteiger partial charge in [0.2, 0.25) is 0 Å². The molecule has 1 aromatic heterocycles. The molecule has 2 rings (SSSR count). The first-order valence-electron chi connectivity index (χ1n) is 5.71. The Labute approximate surface area is 114 Å². The third kappa shape index (κ3) is 2.61. The van der Waals surface area contributed by atoms with Gasteiger partial charge in [-0.2, -0.15) is 5.10 Å². The van der Waals surface area contributed by atoms with Crippen LogP contribution in [0.2, 0.25) is 0 Å². The van der Waals surface area contributed by atoms with Crippen molar-refractivity contribution in [2.75, 3.05) is 5.32 Å². The van der Waals surface area contributed by atoms with Crippen LogP contribution in [0.3, 0.4) is 0 Å². The number of benzene rings is 1. The van der Waals surface area contributed by atoms with Crippen molar-refractivity contribution in [3.05, 3.63) is 45.6 Å². The summed E-state index contributed by atoms with van der Waals surface area (Å²) >= 11 is 3.41. The molecule has 0 atom stereocenters. The van der Waals surface area contributed by atoms with Crippen molar-refractivity contribution in [3.63, 3.8) is 0 Å². The molecule has 2 N–H and O–H groups in total. The van der Waals surface area contributed by atoms with Crippen LogP contribution in [-0.4, -0.2) is 16.1 Å². The van der Waals surface area contributed by atoms with E-state index in [-0.39, 0.29) is 5.91 Å². The molecule has 1 aromatic carbocycles. The van der Waals surface area contributed by atoms with Crippen molar-refractivity contribution in [1.29, 1.82) is 0 Å². The summed E-state index contributed by atoms with van der Waals surface area (Å²) in [6.45, 7) is 3.97. The Kier molecular flexibility index (Phi) is 3.81. The average Bonchev–Trinajstić information content (AvgIpc) is 2.79. The maximum absolute atomic E-state index is 12.1. The summed E-state index contributed by atoms with van der Waals surface area (Å²) in [5, 5.41) is 9.55. The molecule has 0 saturated heterocycles. The van der Waals surface area contributed by atoms with Gasteiger partial charge in [-0.15, -0.1) is 0 Å². The van der Waals surface area contributed by atoms with Crippen LogP contribution >= 0.6 is 15.9 Å². The normalized spacial score (nSPS) is 10.4. The topological polar surface area (TPSA) is 57.8 Å². The summed E-state index contributed by atoms with van der Waals surface area (Å²) in [5.41, 5.74) is 2.66. The van der Waals surface area contributed by atoms with Gasteiger partial charge in [0.15, 0.2) is 0 Å². The van der Waals surface area contributed by atoms with Crippen LogP contribution in [0.4, 0.5) is 5.82 Å². The summed E-state index contributed by atoms with van der Waals surface area (Å²) in [5.74, 6) is 0.535. The zero-order valence-corrected chi connectivity index (χ0v) is 11.8. The molecular formula is C13H14BrN3O. The van der Waals surface area contributed by atoms with E-state index >= 15 is 0 Å². The van der Waals surface area contributed by atoms with Gasteiger partial charge in [-0.3, -0.25) is 9.89 Å². The second-order valence-corrected chi connectivity index (χ2v) is 4.90. The molecule has 0 aliphatic rings. The smallest absolute Gasteiger partial charge is 0.256 e. The van der Waals surface area contributed by atoms with Crippen LogP contribution in [-0.2, 0) is 6.42 Å². The number of rotatable bonds is 3. The van der Waals surface area contributed by atoms with Crippen LogP contribution in [0.25, 0.3) is 0 Å². The lowest BCUT2D eigenvalue weighted by atomic mass is 10.1. The van der Waals surface area contributed by atoms with Crippen molar-refractivity contribution in [2.24, 2.45) is 0 Å². The molecule has 0 aliphatic heterocycles. The largest absolute Gasteiger partial charge is 0.307 e. The standard InChI is InChI=1S/C13H14BrN3O/c1-3-9-7-15-17-12(9)16-13(18)10-4-5-11(14)8(2)6-10/h4-7H,3H2,1-2H3,(H2,15,16,17,18). The lowest BCUT2D eigenvalue weighted by molar-refractivity contribution is 0.102. The van der Waals surface area contributed by atoms with Gasteiger partial charge in [0.1, 0.15) is 5.82 Å². The minimum Gasteiger partial charge on any atom is -0.307 e. The molecule has 1 amide bonds. The number of H-pyrrole nitrogens is 1. The Morgan fingerprint density at radius 3 is 2.94 bits per heavy atom. The number of hydrogen-bond donors (Lipinski definition) is 2. The van der Waals surface area contributed by atoms with E-state index in [1.165, 1.54) is 0 Å². The van der Waals surface area contributed by atoms with E-state index in [0.717, 1.165) is 22.0 Å². The van der Waals surface area contributed by atoms with E-state index in [4.69, 9.17) is 0 Å². The number of nitrogens with zero attached hydrogens (tertiary/aromatic N) is 1. The van der Waals surface area contributed by atoms with Gasteiger partial charge in [-0.05, 0) is 37.1 Å². The fourth-order valence-corrected chi connectivity index (χ4v) is 1.91. The number of aryl methyl sites for hydroxylation is 2. The summed E-state index contributed by atoms with van der Waals surface area (Å²) in [4.78, 5) is 12.1. The second kappa shape index (κ2) is 5.35. The number of aromatic amines is 1. The summed E-state index contributed by atoms with van der Waals surface area (Å²) in [7, 11) is 0. The van der Waals surface area contributed by atoms with E-state index in [2.05, 4.69) is 31.4 Å². The molecule has 0 bridgehead atoms. The molecule has 0 spiro atoms. The number of amides is 1. The fraction of sp³-hybridized carbons (Fsp3) is 0.231. The van der Waals surface area contributed by atoms with Gasteiger partial charge < -0.3 is 5.32 Å². The quantitative estimate of drug-likeness (QED) is 0.914. The number of carbonyl (C=O) groups excluding carboxylic acids is 1. The predicted molar refractivity (Wildman–Crippen MR) is 74.8 cm³/mol. The van der Waals surface area contributed by atoms with Crippen LogP contribution < -0.4 is 5.32 Å². The third-order valence-corrected chi connectivity index (χ3v) is 3.65. The van der Waals surface area contributed by atoms with Crippen molar-refractivity contribution in [2.45, 2.75) is 20.3 Å². The lowest BCUT2D eigenvalue weighted by Crippen LogP contribution is -2.13. The highest BCUT2D eigenvalue weighted by Crippen LogP contribution is 2.18. The van der Waals surface area contributed by atoms with Crippen LogP contribution in [0.5, 0.6) is 0 Å². The van der Waals surface area contributed by atoms with Crippen molar-refractivity contribution in [3.8, 4) is 0 Å². The monoisotopic (exact) mass is 307 g/mol. The number of halogens is 1. The van der Waals surface area contributed by atoms with E-state index in [9.17, 15) is 4.79 Å². The highest BCUT2D eigenvalue weighted by Gasteiger charge is 2.10. The molecule has 94 valence electrons. The fourth-order valence-electron chi connectivity index (χ4n) is 1.66. The SMILES string of the molecule is CCc1cn[nH]c1NC(=O)c1ccc(Br)c(C)c1. The molecule has 2 aromatic rings. The Morgan fingerprint density at radius 2 is 2.28 bits per heavy atom. The minimum absolute atomic E-state index is 0.135. The van der Waals surface area contributed by atoms with Crippen LogP contribution in [0.15, 0.2) is 28.9 Å². The third-order valence-electron chi connectivity index (χ3n) is 2.76. The minimum atomic E-state index is -0.135. The molecule has 0 radical (unpaired) electrons. The molecule has 1 heterocycles. The summed E-state index contributed by atoms with van der Waals surface area (Å²) in [6.07, 6.45) is 2.55. The van der Waals surface area contributed by atoms with E-state index in [1.54, 1.807) is 12.3 Å². The van der Waals surface area contributed by atoms with Gasteiger partial charge in [0.05, 0.1) is 6.20 Å². The van der Waals surface area contributed by atoms with E-state index in [0.29, 0.717) is 11.4 Å². The molecule has 5 heteroatoms. The number of aromatic nitrogens is 2. The molecule has 0 aliphatic carbocycles. The highest BCUT2D eigenvalue weighted by molar-refractivity contribution is 9.10. The maximum Gasteiger partial charge on any atom is 0.256 e. The van der Waals surface area contributed by atoms with Crippen LogP contribution in [0.1, 0.15) is 28.4 Å². The van der Waals surface area contributed by atoms with E-state index < -0.39 is 0 Å². The van der Waals surface area contributed by atoms with Gasteiger partial charge in [-0.1, -0.05) is 22.9 Å². The lowest BCUT2D eigenvalue weighted by Gasteiger charge is -2.06. The summed E-state index contributed by atoms with van der Waals surface area (Å²) < 4.78 is 0.995. The van der Waals surface area contributed by atoms with Crippen molar-refractivity contribution < 1.29 is 4.79 Å². The average molecular weight is 308 g/mol. The number of hydrogen-bond acceptors (Lipinski definition) is 2. The van der Waals surface area contributed by atoms with Gasteiger partial charge >= 0.3 is 0 Å². The predicted octanol–water partition coefficient (Wildman–Crippen LogP) is 3.30. The number of carbonyl (C=O) groups is 1. The number of nitrogens with one attached hydrogen (secondary N) is 2. The molecular weight excluding hydrogens is 294 g/mol. The zero-order valence-electron chi connectivity index (χ0n) is 10.2. The molecule has 0 unspecified atom stereocenters. The van der Waals surface area contributed by atoms with Gasteiger partial charge in [0, 0.05) is 15.6 Å². The second-order valence-electron chi connectivity index (χ2n) is 4.04. The first-order chi connectivity index (χ1) is 8.61. The molecule has 18 heavy (non-hydrogen) atoms. The first kappa shape index (κ1) is 12.8. The Bertz CT molecular complexity index is 577. The van der Waals surface area contributed by atoms with Crippen LogP contribution in [0, 0.1) is 6.92 Å². The highest BCUT2D eigenvalue weighted by atomic mass is 79.9. The van der Waals surface area contributed by atoms with Gasteiger partial charge in [-0.25, -0.2) is 0 Å². The number of anilines is 1. The Morgan fingerprint density at radius 1 is 1.50 bits per heavy atom. The van der Waals surface area contributed by atoms with Crippen molar-refractivity contribution >= 4 is 27.7 Å². The first-order valence-corrected chi connectivity index (χ1v) is 6.51. The van der Waals surface area contributed by atoms with E-state index in [1.807, 2.05) is 26.0 Å². The molecule has 0 saturated carbocycles. The molecule has 0 fully saturated rings.